The fraction of sp³-hybridized carbons (Fsp3) is 0.125. The highest BCUT2D eigenvalue weighted by atomic mass is 32.2. The number of nitrogens with zero attached hydrogens (tertiary/aromatic N) is 1. The molecular weight excluding hydrogens is 330 g/mol. The summed E-state index contributed by atoms with van der Waals surface area (Å²) in [5.74, 6) is -1.20. The van der Waals surface area contributed by atoms with E-state index in [9.17, 15) is 13.2 Å². The van der Waals surface area contributed by atoms with E-state index in [2.05, 4.69) is 10.0 Å². The van der Waals surface area contributed by atoms with Gasteiger partial charge in [0.15, 0.2) is 0 Å². The second kappa shape index (κ2) is 6.60. The number of nitrogens with one attached hydrogen (secondary N) is 2. The number of benzene rings is 2. The van der Waals surface area contributed by atoms with Crippen molar-refractivity contribution in [2.24, 2.45) is 0 Å². The molecule has 0 amide bonds. The van der Waals surface area contributed by atoms with Crippen LogP contribution in [0.3, 0.4) is 0 Å². The first kappa shape index (κ1) is 17.3. The van der Waals surface area contributed by atoms with Gasteiger partial charge >= 0.3 is 5.97 Å². The summed E-state index contributed by atoms with van der Waals surface area (Å²) in [4.78, 5) is 11.0. The van der Waals surface area contributed by atoms with Gasteiger partial charge < -0.3 is 10.4 Å². The van der Waals surface area contributed by atoms with Crippen molar-refractivity contribution in [2.75, 3.05) is 17.1 Å². The molecule has 2 aromatic rings. The van der Waals surface area contributed by atoms with Crippen molar-refractivity contribution in [1.82, 2.24) is 0 Å². The topological polar surface area (TPSA) is 119 Å². The van der Waals surface area contributed by atoms with Crippen molar-refractivity contribution in [2.45, 2.75) is 11.8 Å². The number of hydrogen-bond donors (Lipinski definition) is 3. The van der Waals surface area contributed by atoms with Crippen LogP contribution in [0.4, 0.5) is 11.4 Å². The summed E-state index contributed by atoms with van der Waals surface area (Å²) in [7, 11) is -2.40. The van der Waals surface area contributed by atoms with Crippen molar-refractivity contribution in [3.05, 3.63) is 53.1 Å². The lowest BCUT2D eigenvalue weighted by Crippen LogP contribution is -2.17. The summed E-state index contributed by atoms with van der Waals surface area (Å²) in [6, 6.07) is 10.5. The third-order valence-corrected chi connectivity index (χ3v) is 4.98. The van der Waals surface area contributed by atoms with E-state index in [1.807, 2.05) is 6.07 Å². The Bertz CT molecular complexity index is 946. The summed E-state index contributed by atoms with van der Waals surface area (Å²) >= 11 is 0. The van der Waals surface area contributed by atoms with Gasteiger partial charge in [0.25, 0.3) is 10.0 Å². The van der Waals surface area contributed by atoms with Crippen LogP contribution >= 0.6 is 0 Å². The number of anilines is 2. The van der Waals surface area contributed by atoms with E-state index in [0.717, 1.165) is 0 Å². The van der Waals surface area contributed by atoms with Crippen LogP contribution in [0.5, 0.6) is 0 Å². The molecule has 0 fully saturated rings. The van der Waals surface area contributed by atoms with E-state index >= 15 is 0 Å². The Kier molecular flexibility index (Phi) is 4.76. The van der Waals surface area contributed by atoms with Crippen LogP contribution in [0.1, 0.15) is 21.5 Å². The molecule has 3 N–H and O–H groups in total. The monoisotopic (exact) mass is 345 g/mol. The molecule has 0 aliphatic carbocycles. The van der Waals surface area contributed by atoms with Crippen LogP contribution in [0.25, 0.3) is 0 Å². The molecular formula is C16H15N3O4S. The summed E-state index contributed by atoms with van der Waals surface area (Å²) in [5.41, 5.74) is 1.04. The van der Waals surface area contributed by atoms with Gasteiger partial charge in [-0.1, -0.05) is 6.07 Å². The maximum Gasteiger partial charge on any atom is 0.335 e. The average molecular weight is 345 g/mol. The Balaban J connectivity index is 2.53. The van der Waals surface area contributed by atoms with Gasteiger partial charge in [-0.15, -0.1) is 0 Å². The third kappa shape index (κ3) is 3.31. The average Bonchev–Trinajstić information content (AvgIpc) is 2.54. The fourth-order valence-electron chi connectivity index (χ4n) is 2.25. The van der Waals surface area contributed by atoms with E-state index in [1.54, 1.807) is 19.2 Å². The van der Waals surface area contributed by atoms with Crippen molar-refractivity contribution >= 4 is 27.4 Å². The maximum absolute atomic E-state index is 12.7. The minimum absolute atomic E-state index is 0.0857. The predicted molar refractivity (Wildman–Crippen MR) is 89.7 cm³/mol. The molecule has 7 nitrogen and oxygen atoms in total. The SMILES string of the molecule is CNc1ccc(C#N)cc1NS(=O)(=O)c1cccc(C(=O)O)c1C. The van der Waals surface area contributed by atoms with Crippen LogP contribution in [0.15, 0.2) is 41.3 Å². The van der Waals surface area contributed by atoms with Gasteiger partial charge in [0.1, 0.15) is 0 Å². The lowest BCUT2D eigenvalue weighted by atomic mass is 10.1. The number of carbonyl (C=O) groups is 1. The molecule has 0 aliphatic rings. The second-order valence-corrected chi connectivity index (χ2v) is 6.61. The minimum atomic E-state index is -4.02. The lowest BCUT2D eigenvalue weighted by Gasteiger charge is -2.14. The quantitative estimate of drug-likeness (QED) is 0.765. The molecule has 0 bridgehead atoms. The molecule has 0 aliphatic heterocycles. The van der Waals surface area contributed by atoms with Crippen molar-refractivity contribution in [3.8, 4) is 6.07 Å². The van der Waals surface area contributed by atoms with Gasteiger partial charge in [0, 0.05) is 7.05 Å². The van der Waals surface area contributed by atoms with Crippen LogP contribution in [0, 0.1) is 18.3 Å². The first-order valence-electron chi connectivity index (χ1n) is 6.87. The molecule has 0 atom stereocenters. The molecule has 124 valence electrons. The zero-order valence-corrected chi connectivity index (χ0v) is 13.8. The molecule has 0 spiro atoms. The molecule has 0 aromatic heterocycles. The second-order valence-electron chi connectivity index (χ2n) is 4.96. The maximum atomic E-state index is 12.7. The largest absolute Gasteiger partial charge is 0.478 e. The summed E-state index contributed by atoms with van der Waals surface area (Å²) in [5, 5.41) is 20.9. The van der Waals surface area contributed by atoms with Gasteiger partial charge in [0.2, 0.25) is 0 Å². The van der Waals surface area contributed by atoms with Crippen molar-refractivity contribution in [3.63, 3.8) is 0 Å². The van der Waals surface area contributed by atoms with Gasteiger partial charge in [-0.2, -0.15) is 5.26 Å². The van der Waals surface area contributed by atoms with Crippen molar-refractivity contribution in [1.29, 1.82) is 5.26 Å². The van der Waals surface area contributed by atoms with E-state index in [1.165, 1.54) is 31.2 Å². The summed E-state index contributed by atoms with van der Waals surface area (Å²) in [6.07, 6.45) is 0. The van der Waals surface area contributed by atoms with E-state index in [0.29, 0.717) is 11.3 Å². The van der Waals surface area contributed by atoms with Gasteiger partial charge in [-0.25, -0.2) is 13.2 Å². The summed E-state index contributed by atoms with van der Waals surface area (Å²) in [6.45, 7) is 1.43. The Labute approximate surface area is 139 Å². The van der Waals surface area contributed by atoms with Crippen LogP contribution in [-0.2, 0) is 10.0 Å². The number of hydrogen-bond acceptors (Lipinski definition) is 5. The standard InChI is InChI=1S/C16H15N3O4S/c1-10-12(16(20)21)4-3-5-15(10)24(22,23)19-14-8-11(9-17)6-7-13(14)18-2/h3-8,18-19H,1-2H3,(H,20,21). The van der Waals surface area contributed by atoms with Gasteiger partial charge in [0.05, 0.1) is 33.5 Å². The Morgan fingerprint density at radius 1 is 1.21 bits per heavy atom. The minimum Gasteiger partial charge on any atom is -0.478 e. The number of aromatic carboxylic acids is 1. The van der Waals surface area contributed by atoms with E-state index < -0.39 is 16.0 Å². The molecule has 0 saturated heterocycles. The third-order valence-electron chi connectivity index (χ3n) is 3.47. The zero-order valence-electron chi connectivity index (χ0n) is 13.0. The fourth-order valence-corrected chi connectivity index (χ4v) is 3.59. The van der Waals surface area contributed by atoms with Crippen LogP contribution < -0.4 is 10.0 Å². The molecule has 2 rings (SSSR count). The lowest BCUT2D eigenvalue weighted by molar-refractivity contribution is 0.0696. The molecule has 2 aromatic carbocycles. The van der Waals surface area contributed by atoms with Crippen LogP contribution in [-0.4, -0.2) is 26.5 Å². The predicted octanol–water partition coefficient (Wildman–Crippen LogP) is 2.41. The van der Waals surface area contributed by atoms with Gasteiger partial charge in [-0.05, 0) is 42.8 Å². The Morgan fingerprint density at radius 3 is 2.50 bits per heavy atom. The van der Waals surface area contributed by atoms with E-state index in [-0.39, 0.29) is 21.7 Å². The molecule has 8 heteroatoms. The van der Waals surface area contributed by atoms with Crippen LogP contribution in [0.2, 0.25) is 0 Å². The zero-order chi connectivity index (χ0) is 17.9. The number of rotatable bonds is 5. The highest BCUT2D eigenvalue weighted by molar-refractivity contribution is 7.92. The number of carboxylic acid groups (broad SMARTS) is 1. The van der Waals surface area contributed by atoms with E-state index in [4.69, 9.17) is 10.4 Å². The Hall–Kier alpha value is -3.05. The molecule has 0 saturated carbocycles. The highest BCUT2D eigenvalue weighted by Gasteiger charge is 2.21. The smallest absolute Gasteiger partial charge is 0.335 e. The first-order valence-corrected chi connectivity index (χ1v) is 8.36. The van der Waals surface area contributed by atoms with Crippen molar-refractivity contribution < 1.29 is 18.3 Å². The molecule has 0 radical (unpaired) electrons. The number of carboxylic acids is 1. The first-order chi connectivity index (χ1) is 11.3. The highest BCUT2D eigenvalue weighted by Crippen LogP contribution is 2.27. The number of nitriles is 1. The molecule has 0 heterocycles. The normalized spacial score (nSPS) is 10.7. The Morgan fingerprint density at radius 2 is 1.92 bits per heavy atom. The molecule has 24 heavy (non-hydrogen) atoms. The number of sulfonamides is 1. The summed E-state index contributed by atoms with van der Waals surface area (Å²) < 4.78 is 27.7. The van der Waals surface area contributed by atoms with Gasteiger partial charge in [-0.3, -0.25) is 4.72 Å². The molecule has 0 unspecified atom stereocenters.